The van der Waals surface area contributed by atoms with E-state index in [0.29, 0.717) is 0 Å². The molecule has 0 saturated heterocycles. The van der Waals surface area contributed by atoms with Gasteiger partial charge in [0.05, 0.1) is 12.9 Å². The van der Waals surface area contributed by atoms with Crippen LogP contribution < -0.4 is 0 Å². The maximum absolute atomic E-state index is 9.04. The lowest BCUT2D eigenvalue weighted by molar-refractivity contribution is 0.0398. The minimum absolute atomic E-state index is 0.00792. The van der Waals surface area contributed by atoms with Crippen LogP contribution >= 0.6 is 0 Å². The standard InChI is InChI=1S/C8H14N2O2/c1-6-7(4-11)8(12-3)10(2)5-9-6/h5,8,11H,4H2,1-3H3. The highest BCUT2D eigenvalue weighted by molar-refractivity contribution is 5.59. The molecule has 1 N–H and O–H groups in total. The minimum Gasteiger partial charge on any atom is -0.392 e. The maximum atomic E-state index is 9.04. The molecule has 4 heteroatoms. The highest BCUT2D eigenvalue weighted by atomic mass is 16.5. The van der Waals surface area contributed by atoms with Gasteiger partial charge in [-0.15, -0.1) is 0 Å². The van der Waals surface area contributed by atoms with Gasteiger partial charge in [-0.05, 0) is 6.92 Å². The van der Waals surface area contributed by atoms with Crippen LogP contribution in [0.4, 0.5) is 0 Å². The van der Waals surface area contributed by atoms with E-state index in [0.717, 1.165) is 11.3 Å². The Bertz CT molecular complexity index is 223. The van der Waals surface area contributed by atoms with Crippen LogP contribution in [0.2, 0.25) is 0 Å². The fourth-order valence-electron chi connectivity index (χ4n) is 1.25. The van der Waals surface area contributed by atoms with Crippen LogP contribution in [0.1, 0.15) is 6.92 Å². The van der Waals surface area contributed by atoms with E-state index in [1.807, 2.05) is 18.9 Å². The Kier molecular flexibility index (Phi) is 2.83. The minimum atomic E-state index is -0.174. The summed E-state index contributed by atoms with van der Waals surface area (Å²) in [6, 6.07) is 0. The van der Waals surface area contributed by atoms with Gasteiger partial charge in [0.1, 0.15) is 0 Å². The molecule has 1 heterocycles. The molecule has 12 heavy (non-hydrogen) atoms. The van der Waals surface area contributed by atoms with E-state index in [-0.39, 0.29) is 12.8 Å². The highest BCUT2D eigenvalue weighted by Crippen LogP contribution is 2.17. The zero-order valence-corrected chi connectivity index (χ0v) is 7.61. The van der Waals surface area contributed by atoms with Crippen molar-refractivity contribution >= 4 is 6.34 Å². The lowest BCUT2D eigenvalue weighted by atomic mass is 10.1. The summed E-state index contributed by atoms with van der Waals surface area (Å²) in [7, 11) is 3.48. The second-order valence-corrected chi connectivity index (χ2v) is 2.77. The van der Waals surface area contributed by atoms with Crippen molar-refractivity contribution in [1.29, 1.82) is 0 Å². The Morgan fingerprint density at radius 2 is 2.42 bits per heavy atom. The fourth-order valence-corrected chi connectivity index (χ4v) is 1.25. The topological polar surface area (TPSA) is 45.1 Å². The smallest absolute Gasteiger partial charge is 0.156 e. The van der Waals surface area contributed by atoms with Gasteiger partial charge < -0.3 is 14.7 Å². The van der Waals surface area contributed by atoms with Gasteiger partial charge in [0.15, 0.2) is 6.23 Å². The number of methoxy groups -OCH3 is 1. The van der Waals surface area contributed by atoms with Crippen LogP contribution in [0.3, 0.4) is 0 Å². The van der Waals surface area contributed by atoms with E-state index in [4.69, 9.17) is 9.84 Å². The number of ether oxygens (including phenoxy) is 1. The molecule has 0 saturated carbocycles. The molecule has 0 aliphatic carbocycles. The van der Waals surface area contributed by atoms with E-state index >= 15 is 0 Å². The Morgan fingerprint density at radius 1 is 1.75 bits per heavy atom. The average Bonchev–Trinajstić information content (AvgIpc) is 2.08. The Hall–Kier alpha value is -0.870. The second-order valence-electron chi connectivity index (χ2n) is 2.77. The van der Waals surface area contributed by atoms with E-state index in [1.165, 1.54) is 0 Å². The van der Waals surface area contributed by atoms with Crippen LogP contribution in [0.15, 0.2) is 16.3 Å². The summed E-state index contributed by atoms with van der Waals surface area (Å²) in [6.45, 7) is 1.85. The number of likely N-dealkylation sites (N-methyl/N-ethyl adjacent to an activating group) is 1. The second kappa shape index (κ2) is 3.69. The number of rotatable bonds is 2. The van der Waals surface area contributed by atoms with Gasteiger partial charge in [0, 0.05) is 25.4 Å². The monoisotopic (exact) mass is 170 g/mol. The molecule has 0 amide bonds. The van der Waals surface area contributed by atoms with Crippen molar-refractivity contribution in [1.82, 2.24) is 4.90 Å². The maximum Gasteiger partial charge on any atom is 0.156 e. The molecular weight excluding hydrogens is 156 g/mol. The average molecular weight is 170 g/mol. The highest BCUT2D eigenvalue weighted by Gasteiger charge is 2.21. The Balaban J connectivity index is 2.90. The fraction of sp³-hybridized carbons (Fsp3) is 0.625. The molecule has 0 aromatic carbocycles. The van der Waals surface area contributed by atoms with Gasteiger partial charge in [-0.1, -0.05) is 0 Å². The van der Waals surface area contributed by atoms with Crippen molar-refractivity contribution in [2.24, 2.45) is 4.99 Å². The summed E-state index contributed by atoms with van der Waals surface area (Å²) in [4.78, 5) is 5.92. The van der Waals surface area contributed by atoms with Gasteiger partial charge in [-0.25, -0.2) is 4.99 Å². The number of allylic oxidation sites excluding steroid dienone is 1. The molecular formula is C8H14N2O2. The molecule has 0 aromatic heterocycles. The van der Waals surface area contributed by atoms with E-state index in [2.05, 4.69) is 4.99 Å². The lowest BCUT2D eigenvalue weighted by Gasteiger charge is -2.30. The molecule has 0 spiro atoms. The number of hydrogen-bond donors (Lipinski definition) is 1. The van der Waals surface area contributed by atoms with Gasteiger partial charge in [-0.2, -0.15) is 0 Å². The van der Waals surface area contributed by atoms with E-state index in [9.17, 15) is 0 Å². The number of aliphatic imine (C=N–C) groups is 1. The molecule has 0 radical (unpaired) electrons. The lowest BCUT2D eigenvalue weighted by Crippen LogP contribution is -2.37. The quantitative estimate of drug-likeness (QED) is 0.644. The van der Waals surface area contributed by atoms with Crippen molar-refractivity contribution in [2.75, 3.05) is 20.8 Å². The summed E-state index contributed by atoms with van der Waals surface area (Å²) in [5.74, 6) is 0. The first-order valence-corrected chi connectivity index (χ1v) is 3.80. The van der Waals surface area contributed by atoms with Crippen molar-refractivity contribution in [3.05, 3.63) is 11.3 Å². The van der Waals surface area contributed by atoms with Crippen LogP contribution in [-0.4, -0.2) is 43.3 Å². The number of hydrogen-bond acceptors (Lipinski definition) is 4. The third kappa shape index (κ3) is 1.49. The molecule has 1 unspecified atom stereocenters. The number of nitrogens with zero attached hydrogens (tertiary/aromatic N) is 2. The largest absolute Gasteiger partial charge is 0.392 e. The first-order chi connectivity index (χ1) is 5.70. The van der Waals surface area contributed by atoms with Crippen molar-refractivity contribution in [3.8, 4) is 0 Å². The van der Waals surface area contributed by atoms with Gasteiger partial charge in [0.25, 0.3) is 0 Å². The molecule has 68 valence electrons. The number of aliphatic hydroxyl groups is 1. The zero-order chi connectivity index (χ0) is 9.14. The third-order valence-corrected chi connectivity index (χ3v) is 1.96. The van der Waals surface area contributed by atoms with Gasteiger partial charge in [0.2, 0.25) is 0 Å². The summed E-state index contributed by atoms with van der Waals surface area (Å²) in [6.07, 6.45) is 1.52. The normalized spacial score (nSPS) is 23.7. The van der Waals surface area contributed by atoms with Crippen LogP contribution in [-0.2, 0) is 4.74 Å². The first kappa shape index (κ1) is 9.22. The summed E-state index contributed by atoms with van der Waals surface area (Å²) in [5, 5.41) is 9.04. The SMILES string of the molecule is COC1C(CO)=C(C)N=CN1C. The molecule has 1 aliphatic heterocycles. The van der Waals surface area contributed by atoms with E-state index < -0.39 is 0 Å². The molecule has 1 aliphatic rings. The Labute approximate surface area is 72.2 Å². The Morgan fingerprint density at radius 3 is 2.83 bits per heavy atom. The van der Waals surface area contributed by atoms with Crippen molar-refractivity contribution in [2.45, 2.75) is 13.2 Å². The molecule has 0 aromatic rings. The van der Waals surface area contributed by atoms with Gasteiger partial charge >= 0.3 is 0 Å². The molecule has 4 nitrogen and oxygen atoms in total. The van der Waals surface area contributed by atoms with Gasteiger partial charge in [-0.3, -0.25) is 0 Å². The molecule has 1 atom stereocenters. The van der Waals surface area contributed by atoms with E-state index in [1.54, 1.807) is 13.4 Å². The van der Waals surface area contributed by atoms with Crippen LogP contribution in [0.5, 0.6) is 0 Å². The molecule has 0 fully saturated rings. The first-order valence-electron chi connectivity index (χ1n) is 3.80. The summed E-state index contributed by atoms with van der Waals surface area (Å²) in [5.41, 5.74) is 1.66. The summed E-state index contributed by atoms with van der Waals surface area (Å²) >= 11 is 0. The van der Waals surface area contributed by atoms with Crippen molar-refractivity contribution < 1.29 is 9.84 Å². The molecule has 0 bridgehead atoms. The zero-order valence-electron chi connectivity index (χ0n) is 7.61. The summed E-state index contributed by atoms with van der Waals surface area (Å²) < 4.78 is 5.19. The number of aliphatic hydroxyl groups excluding tert-OH is 1. The van der Waals surface area contributed by atoms with Crippen LogP contribution in [0.25, 0.3) is 0 Å². The molecule has 1 rings (SSSR count). The predicted molar refractivity (Wildman–Crippen MR) is 46.8 cm³/mol. The van der Waals surface area contributed by atoms with Crippen LogP contribution in [0, 0.1) is 0 Å². The van der Waals surface area contributed by atoms with Crippen molar-refractivity contribution in [3.63, 3.8) is 0 Å². The third-order valence-electron chi connectivity index (χ3n) is 1.96. The predicted octanol–water partition coefficient (Wildman–Crippen LogP) is 0.199.